The number of anilines is 9. The summed E-state index contributed by atoms with van der Waals surface area (Å²) in [7, 11) is -3.44. The Kier molecular flexibility index (Phi) is 12.4. The van der Waals surface area contributed by atoms with Gasteiger partial charge in [0.05, 0.1) is 31.8 Å². The van der Waals surface area contributed by atoms with Crippen molar-refractivity contribution in [2.24, 2.45) is 0 Å². The molecule has 0 aliphatic rings. The Hall–Kier alpha value is -5.11. The number of nitrogens with zero attached hydrogens (tertiary/aromatic N) is 6. The smallest absolute Gasteiger partial charge is 0.233 e. The lowest BCUT2D eigenvalue weighted by molar-refractivity contribution is 0.310. The average molecular weight is 656 g/mol. The number of hydrogen-bond donors (Lipinski definition) is 10. The second-order valence-corrected chi connectivity index (χ2v) is 11.4. The first-order chi connectivity index (χ1) is 22.2. The molecule has 0 aliphatic carbocycles. The molecule has 4 rings (SSSR count). The van der Waals surface area contributed by atoms with E-state index in [1.807, 2.05) is 24.3 Å². The van der Waals surface area contributed by atoms with E-state index in [1.165, 1.54) is 0 Å². The molecule has 4 aromatic rings. The molecular formula is C27H37N13O5S. The second kappa shape index (κ2) is 16.8. The number of nitrogens with one attached hydrogen (secondary N) is 7. The van der Waals surface area contributed by atoms with Crippen LogP contribution < -0.4 is 36.6 Å². The molecule has 18 nitrogen and oxygen atoms in total. The van der Waals surface area contributed by atoms with Crippen LogP contribution in [0.5, 0.6) is 0 Å². The maximum atomic E-state index is 11.6. The largest absolute Gasteiger partial charge is 0.395 e. The summed E-state index contributed by atoms with van der Waals surface area (Å²) < 4.78 is 25.6. The predicted molar refractivity (Wildman–Crippen MR) is 176 cm³/mol. The summed E-state index contributed by atoms with van der Waals surface area (Å²) in [5, 5.41) is 45.5. The van der Waals surface area contributed by atoms with E-state index in [1.54, 1.807) is 24.3 Å². The lowest BCUT2D eigenvalue weighted by atomic mass is 10.1. The van der Waals surface area contributed by atoms with Crippen LogP contribution >= 0.6 is 0 Å². The molecule has 246 valence electrons. The molecule has 10 N–H and O–H groups in total. The highest BCUT2D eigenvalue weighted by Crippen LogP contribution is 2.21. The highest BCUT2D eigenvalue weighted by atomic mass is 32.2. The maximum Gasteiger partial charge on any atom is 0.233 e. The van der Waals surface area contributed by atoms with Gasteiger partial charge in [-0.1, -0.05) is 18.2 Å². The zero-order chi connectivity index (χ0) is 32.8. The number of benzene rings is 2. The van der Waals surface area contributed by atoms with Crippen LogP contribution in [0.3, 0.4) is 0 Å². The SMILES string of the molecule is CS(=O)(=O)Nc1cccc(Nc2nc(NCCO)nc(NCCc3ccc(Nc4nc(NCCO)nc(NCCO)n4)cc3)n2)c1. The van der Waals surface area contributed by atoms with Gasteiger partial charge in [0.15, 0.2) is 0 Å². The first-order valence-electron chi connectivity index (χ1n) is 14.2. The molecule has 19 heteroatoms. The Morgan fingerprint density at radius 3 is 1.48 bits per heavy atom. The molecule has 0 saturated heterocycles. The number of aromatic nitrogens is 6. The fraction of sp³-hybridized carbons (Fsp3) is 0.333. The highest BCUT2D eigenvalue weighted by Gasteiger charge is 2.10. The number of aliphatic hydroxyl groups is 3. The minimum atomic E-state index is -3.44. The third kappa shape index (κ3) is 11.4. The number of aliphatic hydroxyl groups excluding tert-OH is 3. The third-order valence-corrected chi connectivity index (χ3v) is 6.39. The van der Waals surface area contributed by atoms with Crippen molar-refractivity contribution in [1.29, 1.82) is 0 Å². The zero-order valence-electron chi connectivity index (χ0n) is 25.0. The fourth-order valence-corrected chi connectivity index (χ4v) is 4.44. The molecular weight excluding hydrogens is 618 g/mol. The molecule has 0 radical (unpaired) electrons. The standard InChI is InChI=1S/C27H37N13O5S/c1-46(44,45)40-21-4-2-3-20(17-21)33-27-36-22(34-23(39-27)29-11-14-41)28-10-9-18-5-7-19(8-6-18)32-26-37-24(30-12-15-42)35-25(38-26)31-13-16-43/h2-8,17,40-43H,9-16H2,1H3,(H3,28,29,33,34,36,39)(H3,30,31,32,35,37,38). The Bertz CT molecular complexity index is 1640. The van der Waals surface area contributed by atoms with Crippen LogP contribution in [0.15, 0.2) is 48.5 Å². The van der Waals surface area contributed by atoms with Crippen molar-refractivity contribution in [3.63, 3.8) is 0 Å². The number of rotatable bonds is 19. The minimum Gasteiger partial charge on any atom is -0.395 e. The Morgan fingerprint density at radius 1 is 0.565 bits per heavy atom. The quantitative estimate of drug-likeness (QED) is 0.0669. The summed E-state index contributed by atoms with van der Waals surface area (Å²) >= 11 is 0. The zero-order valence-corrected chi connectivity index (χ0v) is 25.8. The van der Waals surface area contributed by atoms with E-state index >= 15 is 0 Å². The van der Waals surface area contributed by atoms with Crippen molar-refractivity contribution in [2.75, 3.05) is 88.9 Å². The van der Waals surface area contributed by atoms with Crippen molar-refractivity contribution >= 4 is 62.8 Å². The van der Waals surface area contributed by atoms with Gasteiger partial charge in [-0.2, -0.15) is 29.9 Å². The van der Waals surface area contributed by atoms with Gasteiger partial charge in [0, 0.05) is 37.6 Å². The van der Waals surface area contributed by atoms with Crippen molar-refractivity contribution in [2.45, 2.75) is 6.42 Å². The van der Waals surface area contributed by atoms with Crippen molar-refractivity contribution in [3.05, 3.63) is 54.1 Å². The van der Waals surface area contributed by atoms with Gasteiger partial charge in [-0.3, -0.25) is 4.72 Å². The van der Waals surface area contributed by atoms with Gasteiger partial charge < -0.3 is 47.2 Å². The summed E-state index contributed by atoms with van der Waals surface area (Å²) in [4.78, 5) is 26.0. The molecule has 0 unspecified atom stereocenters. The molecule has 0 atom stereocenters. The number of hydrogen-bond acceptors (Lipinski definition) is 17. The van der Waals surface area contributed by atoms with E-state index in [4.69, 9.17) is 10.2 Å². The van der Waals surface area contributed by atoms with Gasteiger partial charge in [-0.15, -0.1) is 0 Å². The first-order valence-corrected chi connectivity index (χ1v) is 16.1. The van der Waals surface area contributed by atoms with Crippen LogP contribution in [0.2, 0.25) is 0 Å². The van der Waals surface area contributed by atoms with Crippen LogP contribution in [0.25, 0.3) is 0 Å². The molecule has 0 fully saturated rings. The Morgan fingerprint density at radius 2 is 1.00 bits per heavy atom. The summed E-state index contributed by atoms with van der Waals surface area (Å²) in [6, 6.07) is 14.3. The lowest BCUT2D eigenvalue weighted by Crippen LogP contribution is -2.15. The monoisotopic (exact) mass is 655 g/mol. The normalized spacial score (nSPS) is 11.0. The molecule has 2 heterocycles. The topological polar surface area (TPSA) is 256 Å². The maximum absolute atomic E-state index is 11.6. The molecule has 2 aromatic heterocycles. The van der Waals surface area contributed by atoms with E-state index in [2.05, 4.69) is 66.5 Å². The van der Waals surface area contributed by atoms with Crippen LogP contribution in [-0.2, 0) is 16.4 Å². The predicted octanol–water partition coefficient (Wildman–Crippen LogP) is 0.783. The molecule has 0 spiro atoms. The van der Waals surface area contributed by atoms with E-state index in [-0.39, 0.29) is 69.2 Å². The minimum absolute atomic E-state index is 0.0847. The Balaban J connectivity index is 1.38. The van der Waals surface area contributed by atoms with Crippen LogP contribution in [0.4, 0.5) is 52.8 Å². The van der Waals surface area contributed by atoms with E-state index in [0.717, 1.165) is 17.5 Å². The fourth-order valence-electron chi connectivity index (χ4n) is 3.89. The van der Waals surface area contributed by atoms with Crippen LogP contribution in [0.1, 0.15) is 5.56 Å². The summed E-state index contributed by atoms with van der Waals surface area (Å²) in [5.74, 6) is 1.60. The molecule has 46 heavy (non-hydrogen) atoms. The van der Waals surface area contributed by atoms with Gasteiger partial charge in [0.1, 0.15) is 0 Å². The van der Waals surface area contributed by atoms with E-state index in [9.17, 15) is 13.5 Å². The summed E-state index contributed by atoms with van der Waals surface area (Å²) in [6.45, 7) is 0.995. The van der Waals surface area contributed by atoms with Crippen molar-refractivity contribution in [3.8, 4) is 0 Å². The summed E-state index contributed by atoms with van der Waals surface area (Å²) in [6.07, 6.45) is 1.72. The average Bonchev–Trinajstić information content (AvgIpc) is 3.02. The van der Waals surface area contributed by atoms with E-state index < -0.39 is 10.0 Å². The van der Waals surface area contributed by atoms with Gasteiger partial charge in [-0.05, 0) is 42.3 Å². The number of sulfonamides is 1. The van der Waals surface area contributed by atoms with Gasteiger partial charge in [-0.25, -0.2) is 8.42 Å². The van der Waals surface area contributed by atoms with Crippen LogP contribution in [-0.4, -0.2) is 106 Å². The lowest BCUT2D eigenvalue weighted by Gasteiger charge is -2.12. The van der Waals surface area contributed by atoms with Crippen LogP contribution in [0, 0.1) is 0 Å². The molecule has 0 amide bonds. The van der Waals surface area contributed by atoms with Gasteiger partial charge in [0.2, 0.25) is 45.7 Å². The molecule has 0 aliphatic heterocycles. The molecule has 0 saturated carbocycles. The van der Waals surface area contributed by atoms with Gasteiger partial charge in [0.25, 0.3) is 0 Å². The first kappa shape index (κ1) is 33.8. The molecule has 0 bridgehead atoms. The highest BCUT2D eigenvalue weighted by molar-refractivity contribution is 7.92. The Labute approximate surface area is 265 Å². The summed E-state index contributed by atoms with van der Waals surface area (Å²) in [5.41, 5.74) is 2.71. The van der Waals surface area contributed by atoms with Crippen molar-refractivity contribution < 1.29 is 23.7 Å². The second-order valence-electron chi connectivity index (χ2n) is 9.64. The third-order valence-electron chi connectivity index (χ3n) is 5.78. The van der Waals surface area contributed by atoms with Gasteiger partial charge >= 0.3 is 0 Å². The molecule has 2 aromatic carbocycles. The van der Waals surface area contributed by atoms with Crippen molar-refractivity contribution in [1.82, 2.24) is 29.9 Å². The van der Waals surface area contributed by atoms with E-state index in [0.29, 0.717) is 30.3 Å².